The van der Waals surface area contributed by atoms with Crippen molar-refractivity contribution in [2.45, 2.75) is 37.3 Å². The van der Waals surface area contributed by atoms with Crippen LogP contribution in [0.5, 0.6) is 0 Å². The van der Waals surface area contributed by atoms with Crippen molar-refractivity contribution in [1.82, 2.24) is 4.31 Å². The van der Waals surface area contributed by atoms with E-state index in [0.29, 0.717) is 5.56 Å². The maximum Gasteiger partial charge on any atom is 0.426 e. The largest absolute Gasteiger partial charge is 0.452 e. The lowest BCUT2D eigenvalue weighted by Crippen LogP contribution is -2.70. The average Bonchev–Trinajstić information content (AvgIpc) is 3.01. The van der Waals surface area contributed by atoms with E-state index in [1.54, 1.807) is 66.7 Å². The van der Waals surface area contributed by atoms with Crippen LogP contribution in [0.15, 0.2) is 91.0 Å². The molecule has 0 radical (unpaired) electrons. The molecule has 3 aromatic carbocycles. The van der Waals surface area contributed by atoms with E-state index in [1.165, 1.54) is 31.4 Å². The lowest BCUT2D eigenvalue weighted by molar-refractivity contribution is -0.274. The van der Waals surface area contributed by atoms with Gasteiger partial charge in [0.2, 0.25) is 0 Å². The Bertz CT molecular complexity index is 1500. The maximum atomic E-state index is 13.4. The zero-order chi connectivity index (χ0) is 29.7. The van der Waals surface area contributed by atoms with Crippen LogP contribution in [0.2, 0.25) is 0 Å². The third-order valence-electron chi connectivity index (χ3n) is 6.63. The van der Waals surface area contributed by atoms with Crippen molar-refractivity contribution in [3.05, 3.63) is 108 Å². The van der Waals surface area contributed by atoms with Crippen LogP contribution >= 0.6 is 0 Å². The fourth-order valence-corrected chi connectivity index (χ4v) is 5.80. The van der Waals surface area contributed by atoms with E-state index >= 15 is 0 Å². The Kier molecular flexibility index (Phi) is 8.83. The van der Waals surface area contributed by atoms with E-state index in [0.717, 1.165) is 0 Å². The Hall–Kier alpha value is -4.30. The third-order valence-corrected chi connectivity index (χ3v) is 7.94. The van der Waals surface area contributed by atoms with Gasteiger partial charge in [-0.05, 0) is 29.8 Å². The zero-order valence-corrected chi connectivity index (χ0v) is 23.1. The molecule has 3 aromatic rings. The molecule has 5 atom stereocenters. The van der Waals surface area contributed by atoms with E-state index in [1.807, 2.05) is 0 Å². The van der Waals surface area contributed by atoms with Gasteiger partial charge in [-0.25, -0.2) is 14.4 Å². The molecule has 2 aliphatic heterocycles. The van der Waals surface area contributed by atoms with Crippen molar-refractivity contribution in [3.63, 3.8) is 0 Å². The summed E-state index contributed by atoms with van der Waals surface area (Å²) >= 11 is 0. The number of benzene rings is 3. The standard InChI is InChI=1S/C29H27NO11S/c1-36-28-23-25(41-27(32)21-15-9-4-10-16-21)24(40-26(31)20-13-7-3-8-14-20)22(39-28)18-38-42(34,35)30(23)29(33)37-17-19-11-5-2-6-12-19/h2-16,22-25,28H,17-18H2,1H3/t22-,23+,24+,25-,28-/m1/s1. The van der Waals surface area contributed by atoms with Gasteiger partial charge in [-0.2, -0.15) is 12.7 Å². The van der Waals surface area contributed by atoms with Crippen molar-refractivity contribution < 1.29 is 50.7 Å². The molecule has 12 nitrogen and oxygen atoms in total. The van der Waals surface area contributed by atoms with Gasteiger partial charge in [0.25, 0.3) is 0 Å². The van der Waals surface area contributed by atoms with Crippen molar-refractivity contribution >= 4 is 28.3 Å². The number of hydrogen-bond acceptors (Lipinski definition) is 11. The summed E-state index contributed by atoms with van der Waals surface area (Å²) in [4.78, 5) is 39.8. The van der Waals surface area contributed by atoms with Crippen LogP contribution in [0.3, 0.4) is 0 Å². The van der Waals surface area contributed by atoms with Gasteiger partial charge in [-0.1, -0.05) is 66.7 Å². The highest BCUT2D eigenvalue weighted by molar-refractivity contribution is 7.84. The molecule has 2 saturated heterocycles. The first-order valence-corrected chi connectivity index (χ1v) is 14.2. The molecule has 5 rings (SSSR count). The highest BCUT2D eigenvalue weighted by Crippen LogP contribution is 2.36. The summed E-state index contributed by atoms with van der Waals surface area (Å²) < 4.78 is 60.4. The SMILES string of the molecule is CO[C@@H]1O[C@@H]2COS(=O)(=O)N(C(=O)OCc3ccccc3)[C@H]1[C@@H](OC(=O)c1ccccc1)[C@H]2OC(=O)c1ccccc1. The summed E-state index contributed by atoms with van der Waals surface area (Å²) in [6.07, 6.45) is -7.05. The van der Waals surface area contributed by atoms with E-state index in [-0.39, 0.29) is 22.0 Å². The topological polar surface area (TPSA) is 144 Å². The molecular formula is C29H27NO11S. The molecule has 0 N–H and O–H groups in total. The zero-order valence-electron chi connectivity index (χ0n) is 22.3. The Morgan fingerprint density at radius 1 is 0.810 bits per heavy atom. The van der Waals surface area contributed by atoms with Gasteiger partial charge < -0.3 is 23.7 Å². The third kappa shape index (κ3) is 6.29. The molecule has 2 aliphatic rings. The predicted molar refractivity (Wildman–Crippen MR) is 144 cm³/mol. The van der Waals surface area contributed by atoms with Crippen molar-refractivity contribution in [1.29, 1.82) is 0 Å². The first-order chi connectivity index (χ1) is 20.3. The highest BCUT2D eigenvalue weighted by Gasteiger charge is 2.59. The van der Waals surface area contributed by atoms with Gasteiger partial charge in [-0.3, -0.25) is 4.18 Å². The lowest BCUT2D eigenvalue weighted by atomic mass is 9.96. The summed E-state index contributed by atoms with van der Waals surface area (Å²) in [6, 6.07) is 22.8. The number of fused-ring (bicyclic) bond motifs is 3. The summed E-state index contributed by atoms with van der Waals surface area (Å²) in [6.45, 7) is -0.968. The highest BCUT2D eigenvalue weighted by atomic mass is 32.2. The van der Waals surface area contributed by atoms with E-state index < -0.39 is 65.6 Å². The average molecular weight is 598 g/mol. The minimum Gasteiger partial charge on any atom is -0.452 e. The van der Waals surface area contributed by atoms with E-state index in [4.69, 9.17) is 27.9 Å². The molecule has 13 heteroatoms. The summed E-state index contributed by atoms with van der Waals surface area (Å²) in [5, 5.41) is 0. The molecule has 2 heterocycles. The minimum atomic E-state index is -4.83. The predicted octanol–water partition coefficient (Wildman–Crippen LogP) is 3.09. The Balaban J connectivity index is 1.54. The fraction of sp³-hybridized carbons (Fsp3) is 0.276. The second-order valence-electron chi connectivity index (χ2n) is 9.32. The van der Waals surface area contributed by atoms with Crippen LogP contribution in [0, 0.1) is 0 Å². The van der Waals surface area contributed by atoms with Gasteiger partial charge >= 0.3 is 28.3 Å². The van der Waals surface area contributed by atoms with Crippen LogP contribution in [0.1, 0.15) is 26.3 Å². The van der Waals surface area contributed by atoms with Gasteiger partial charge in [0.05, 0.1) is 17.7 Å². The molecule has 2 fully saturated rings. The smallest absolute Gasteiger partial charge is 0.426 e. The first-order valence-electron chi connectivity index (χ1n) is 12.9. The molecule has 42 heavy (non-hydrogen) atoms. The molecule has 0 spiro atoms. The number of carbonyl (C=O) groups is 3. The van der Waals surface area contributed by atoms with Gasteiger partial charge in [-0.15, -0.1) is 0 Å². The van der Waals surface area contributed by atoms with Crippen LogP contribution in [-0.4, -0.2) is 75.1 Å². The second-order valence-corrected chi connectivity index (χ2v) is 10.8. The first kappa shape index (κ1) is 29.2. The van der Waals surface area contributed by atoms with Gasteiger partial charge in [0.1, 0.15) is 18.8 Å². The van der Waals surface area contributed by atoms with Crippen molar-refractivity contribution in [2.24, 2.45) is 0 Å². The molecule has 0 unspecified atom stereocenters. The van der Waals surface area contributed by atoms with Gasteiger partial charge in [0.15, 0.2) is 18.5 Å². The Morgan fingerprint density at radius 3 is 1.88 bits per heavy atom. The molecule has 0 aliphatic carbocycles. The molecule has 2 bridgehead atoms. The normalized spacial score (nSPS) is 24.6. The minimum absolute atomic E-state index is 0.135. The van der Waals surface area contributed by atoms with E-state index in [2.05, 4.69) is 0 Å². The number of rotatable bonds is 7. The van der Waals surface area contributed by atoms with Crippen molar-refractivity contribution in [3.8, 4) is 0 Å². The quantitative estimate of drug-likeness (QED) is 0.293. The number of amides is 1. The Labute approximate surface area is 241 Å². The number of hydrogen-bond donors (Lipinski definition) is 0. The molecule has 0 saturated carbocycles. The number of ether oxygens (including phenoxy) is 5. The fourth-order valence-electron chi connectivity index (χ4n) is 4.63. The monoisotopic (exact) mass is 597 g/mol. The second kappa shape index (κ2) is 12.7. The lowest BCUT2D eigenvalue weighted by Gasteiger charge is -2.48. The summed E-state index contributed by atoms with van der Waals surface area (Å²) in [5.41, 5.74) is 0.900. The maximum absolute atomic E-state index is 13.4. The molecule has 220 valence electrons. The number of nitrogens with zero attached hydrogens (tertiary/aromatic N) is 1. The van der Waals surface area contributed by atoms with Crippen molar-refractivity contribution in [2.75, 3.05) is 13.7 Å². The summed E-state index contributed by atoms with van der Waals surface area (Å²) in [5.74, 6) is -1.66. The molecule has 1 amide bonds. The number of methoxy groups -OCH3 is 1. The van der Waals surface area contributed by atoms with Crippen LogP contribution in [0.4, 0.5) is 4.79 Å². The van der Waals surface area contributed by atoms with Crippen LogP contribution in [0.25, 0.3) is 0 Å². The number of esters is 2. The molecular weight excluding hydrogens is 570 g/mol. The van der Waals surface area contributed by atoms with Crippen LogP contribution in [-0.2, 0) is 44.8 Å². The van der Waals surface area contributed by atoms with Crippen LogP contribution < -0.4 is 0 Å². The summed E-state index contributed by atoms with van der Waals surface area (Å²) in [7, 11) is -3.61. The Morgan fingerprint density at radius 2 is 1.33 bits per heavy atom. The van der Waals surface area contributed by atoms with Gasteiger partial charge in [0, 0.05) is 7.11 Å². The number of carbonyl (C=O) groups excluding carboxylic acids is 3. The van der Waals surface area contributed by atoms with E-state index in [9.17, 15) is 22.8 Å². The molecule has 0 aromatic heterocycles.